The Hall–Kier alpha value is -2.94. The Morgan fingerprint density at radius 3 is 2.11 bits per heavy atom. The van der Waals surface area contributed by atoms with Gasteiger partial charge in [0, 0.05) is 63.4 Å². The highest BCUT2D eigenvalue weighted by Crippen LogP contribution is 2.46. The Bertz CT molecular complexity index is 1190. The standard InChI is InChI=1S/C29H35F2N5O2/c1-19-25(20(2)33-18-32-19)27(38)35-14-22-12-34(13-23(22)15-35)9-8-28(24-6-4-3-5-7-24)16-36(17-28)26(37)21-10-29(30,31)11-21/h3-7,18,21-23H,8-17H2,1-2H3/t22-,23+. The van der Waals surface area contributed by atoms with Crippen LogP contribution in [0, 0.1) is 31.6 Å². The summed E-state index contributed by atoms with van der Waals surface area (Å²) in [5.41, 5.74) is 3.17. The monoisotopic (exact) mass is 523 g/mol. The average Bonchev–Trinajstić information content (AvgIpc) is 3.41. The van der Waals surface area contributed by atoms with Crippen molar-refractivity contribution in [2.75, 3.05) is 45.8 Å². The maximum Gasteiger partial charge on any atom is 0.257 e. The van der Waals surface area contributed by atoms with Gasteiger partial charge in [0.2, 0.25) is 11.8 Å². The van der Waals surface area contributed by atoms with E-state index < -0.39 is 11.8 Å². The fourth-order valence-electron chi connectivity index (χ4n) is 7.08. The fraction of sp³-hybridized carbons (Fsp3) is 0.586. The second-order valence-corrected chi connectivity index (χ2v) is 12.0. The number of fused-ring (bicyclic) bond motifs is 1. The normalized spacial score (nSPS) is 26.1. The van der Waals surface area contributed by atoms with Crippen LogP contribution in [0.2, 0.25) is 0 Å². The van der Waals surface area contributed by atoms with E-state index in [1.807, 2.05) is 36.9 Å². The molecule has 4 heterocycles. The minimum atomic E-state index is -2.68. The molecular weight excluding hydrogens is 488 g/mol. The number of nitrogens with zero attached hydrogens (tertiary/aromatic N) is 5. The molecule has 1 aromatic heterocycles. The molecule has 4 aliphatic rings. The van der Waals surface area contributed by atoms with Gasteiger partial charge in [-0.15, -0.1) is 0 Å². The van der Waals surface area contributed by atoms with Crippen LogP contribution in [0.15, 0.2) is 36.7 Å². The van der Waals surface area contributed by atoms with Crippen LogP contribution in [-0.2, 0) is 10.2 Å². The van der Waals surface area contributed by atoms with Crippen molar-refractivity contribution >= 4 is 11.8 Å². The summed E-state index contributed by atoms with van der Waals surface area (Å²) in [6, 6.07) is 10.3. The van der Waals surface area contributed by atoms with E-state index in [1.165, 1.54) is 11.9 Å². The molecule has 4 fully saturated rings. The molecule has 2 amide bonds. The van der Waals surface area contributed by atoms with Gasteiger partial charge in [-0.25, -0.2) is 18.7 Å². The van der Waals surface area contributed by atoms with E-state index in [4.69, 9.17) is 0 Å². The van der Waals surface area contributed by atoms with Crippen molar-refractivity contribution < 1.29 is 18.4 Å². The molecule has 1 aromatic carbocycles. The number of amides is 2. The third kappa shape index (κ3) is 4.48. The van der Waals surface area contributed by atoms with Gasteiger partial charge in [0.1, 0.15) is 6.33 Å². The molecule has 0 bridgehead atoms. The van der Waals surface area contributed by atoms with Crippen molar-refractivity contribution in [1.29, 1.82) is 0 Å². The average molecular weight is 524 g/mol. The number of rotatable bonds is 6. The van der Waals surface area contributed by atoms with E-state index in [0.29, 0.717) is 30.5 Å². The summed E-state index contributed by atoms with van der Waals surface area (Å²) in [6.07, 6.45) is 1.80. The molecule has 1 saturated carbocycles. The highest BCUT2D eigenvalue weighted by molar-refractivity contribution is 5.96. The smallest absolute Gasteiger partial charge is 0.257 e. The highest BCUT2D eigenvalue weighted by atomic mass is 19.3. The third-order valence-corrected chi connectivity index (χ3v) is 9.32. The Kier molecular flexibility index (Phi) is 6.24. The van der Waals surface area contributed by atoms with Crippen molar-refractivity contribution in [2.24, 2.45) is 17.8 Å². The lowest BCUT2D eigenvalue weighted by atomic mass is 9.69. The second-order valence-electron chi connectivity index (χ2n) is 12.0. The number of hydrogen-bond donors (Lipinski definition) is 0. The summed E-state index contributed by atoms with van der Waals surface area (Å²) in [4.78, 5) is 40.7. The number of alkyl halides is 2. The Morgan fingerprint density at radius 1 is 0.921 bits per heavy atom. The number of carbonyl (C=O) groups excluding carboxylic acids is 2. The summed E-state index contributed by atoms with van der Waals surface area (Å²) < 4.78 is 26.7. The first-order valence-corrected chi connectivity index (χ1v) is 13.7. The van der Waals surface area contributed by atoms with Crippen LogP contribution in [0.25, 0.3) is 0 Å². The van der Waals surface area contributed by atoms with Gasteiger partial charge in [-0.1, -0.05) is 30.3 Å². The molecule has 0 spiro atoms. The first-order chi connectivity index (χ1) is 18.1. The Balaban J connectivity index is 1.06. The molecule has 3 saturated heterocycles. The summed E-state index contributed by atoms with van der Waals surface area (Å²) in [5.74, 6) is -2.38. The Labute approximate surface area is 222 Å². The minimum absolute atomic E-state index is 0.0352. The van der Waals surface area contributed by atoms with Crippen LogP contribution in [-0.4, -0.2) is 88.2 Å². The van der Waals surface area contributed by atoms with Gasteiger partial charge >= 0.3 is 0 Å². The molecule has 9 heteroatoms. The van der Waals surface area contributed by atoms with Crippen molar-refractivity contribution in [3.63, 3.8) is 0 Å². The molecular formula is C29H35F2N5O2. The number of aromatic nitrogens is 2. The lowest BCUT2D eigenvalue weighted by Crippen LogP contribution is -2.64. The highest BCUT2D eigenvalue weighted by Gasteiger charge is 2.54. The van der Waals surface area contributed by atoms with E-state index >= 15 is 0 Å². The van der Waals surface area contributed by atoms with Gasteiger partial charge in [-0.05, 0) is 44.2 Å². The quantitative estimate of drug-likeness (QED) is 0.581. The zero-order valence-corrected chi connectivity index (χ0v) is 22.1. The summed E-state index contributed by atoms with van der Waals surface area (Å²) >= 11 is 0. The number of likely N-dealkylation sites (tertiary alicyclic amines) is 3. The summed E-state index contributed by atoms with van der Waals surface area (Å²) in [6.45, 7) is 9.27. The molecule has 0 radical (unpaired) electrons. The number of carbonyl (C=O) groups is 2. The van der Waals surface area contributed by atoms with Gasteiger partial charge in [0.15, 0.2) is 0 Å². The third-order valence-electron chi connectivity index (χ3n) is 9.32. The maximum atomic E-state index is 13.3. The van der Waals surface area contributed by atoms with E-state index in [2.05, 4.69) is 27.0 Å². The van der Waals surface area contributed by atoms with E-state index in [1.54, 1.807) is 4.90 Å². The second kappa shape index (κ2) is 9.36. The minimum Gasteiger partial charge on any atom is -0.341 e. The molecule has 6 rings (SSSR count). The van der Waals surface area contributed by atoms with Crippen molar-refractivity contribution in [2.45, 2.75) is 44.4 Å². The lowest BCUT2D eigenvalue weighted by Gasteiger charge is -2.53. The predicted octanol–water partition coefficient (Wildman–Crippen LogP) is 3.31. The largest absolute Gasteiger partial charge is 0.341 e. The zero-order valence-electron chi connectivity index (χ0n) is 22.1. The van der Waals surface area contributed by atoms with Crippen LogP contribution in [0.5, 0.6) is 0 Å². The van der Waals surface area contributed by atoms with Crippen LogP contribution in [0.1, 0.15) is 46.6 Å². The van der Waals surface area contributed by atoms with E-state index in [0.717, 1.165) is 50.5 Å². The number of benzene rings is 1. The number of halogens is 2. The van der Waals surface area contributed by atoms with Gasteiger partial charge in [0.05, 0.1) is 17.0 Å². The molecule has 38 heavy (non-hydrogen) atoms. The summed E-state index contributed by atoms with van der Waals surface area (Å²) in [5, 5.41) is 0. The van der Waals surface area contributed by atoms with E-state index in [9.17, 15) is 18.4 Å². The van der Waals surface area contributed by atoms with Crippen LogP contribution >= 0.6 is 0 Å². The topological polar surface area (TPSA) is 69.6 Å². The van der Waals surface area contributed by atoms with Gasteiger partial charge in [-0.3, -0.25) is 9.59 Å². The molecule has 0 unspecified atom stereocenters. The maximum absolute atomic E-state index is 13.3. The molecule has 7 nitrogen and oxygen atoms in total. The van der Waals surface area contributed by atoms with Crippen molar-refractivity contribution in [3.05, 3.63) is 59.2 Å². The first kappa shape index (κ1) is 25.3. The summed E-state index contributed by atoms with van der Waals surface area (Å²) in [7, 11) is 0. The number of aryl methyl sites for hydroxylation is 2. The first-order valence-electron chi connectivity index (χ1n) is 13.7. The van der Waals surface area contributed by atoms with Crippen molar-refractivity contribution in [3.8, 4) is 0 Å². The SMILES string of the molecule is Cc1ncnc(C)c1C(=O)N1C[C@H]2CN(CCC3(c4ccccc4)CN(C(=O)C4CC(F)(F)C4)C3)C[C@H]2C1. The van der Waals surface area contributed by atoms with Crippen LogP contribution in [0.4, 0.5) is 8.78 Å². The molecule has 2 aromatic rings. The Morgan fingerprint density at radius 2 is 1.53 bits per heavy atom. The fourth-order valence-corrected chi connectivity index (χ4v) is 7.08. The lowest BCUT2D eigenvalue weighted by molar-refractivity contribution is -0.167. The predicted molar refractivity (Wildman–Crippen MR) is 138 cm³/mol. The van der Waals surface area contributed by atoms with Gasteiger partial charge in [-0.2, -0.15) is 0 Å². The van der Waals surface area contributed by atoms with E-state index in [-0.39, 0.29) is 30.1 Å². The van der Waals surface area contributed by atoms with Gasteiger partial charge in [0.25, 0.3) is 5.91 Å². The molecule has 0 N–H and O–H groups in total. The van der Waals surface area contributed by atoms with Crippen molar-refractivity contribution in [1.82, 2.24) is 24.7 Å². The molecule has 1 aliphatic carbocycles. The van der Waals surface area contributed by atoms with Gasteiger partial charge < -0.3 is 14.7 Å². The molecule has 3 aliphatic heterocycles. The number of hydrogen-bond acceptors (Lipinski definition) is 5. The zero-order chi connectivity index (χ0) is 26.7. The van der Waals surface area contributed by atoms with Crippen LogP contribution in [0.3, 0.4) is 0 Å². The van der Waals surface area contributed by atoms with Crippen LogP contribution < -0.4 is 0 Å². The molecule has 2 atom stereocenters. The molecule has 202 valence electrons.